The Kier molecular flexibility index (Phi) is 14.5. The molecule has 2 aromatic heterocycles. The third-order valence-electron chi connectivity index (χ3n) is 7.86. The van der Waals surface area contributed by atoms with Gasteiger partial charge in [0.25, 0.3) is 5.91 Å². The molecular weight excluding hydrogens is 635 g/mol. The van der Waals surface area contributed by atoms with Crippen LogP contribution in [0, 0.1) is 0 Å². The summed E-state index contributed by atoms with van der Waals surface area (Å²) in [5.41, 5.74) is 5.80. The van der Waals surface area contributed by atoms with E-state index in [1.165, 1.54) is 0 Å². The maximum Gasteiger partial charge on any atom is 0.340 e. The standard InChI is InChI=1S/C23H30ClN3O2.C14H20ClNO2/c1-15(2)19-13-20(27-9-11-29-12-10-27)26-22(16(3)4)21(19)23(28)25-14-17-5-7-18(24)8-6-17;1-6-18-14(17)12-10(8(2)3)7-11(15)16-13(12)9(4)5/h5-8,13,15-16H,9-12,14H2,1-4H3,(H,25,28);7-9H,6H2,1-5H3. The number of amides is 1. The van der Waals surface area contributed by atoms with Crippen molar-refractivity contribution in [2.45, 2.75) is 92.5 Å². The molecule has 0 unspecified atom stereocenters. The molecule has 1 aliphatic heterocycles. The SMILES string of the molecule is CC(C)c1cc(N2CCOCC2)nc(C(C)C)c1C(=O)NCc1ccc(Cl)cc1.CCOC(=O)c1c(C(C)C)cc(Cl)nc1C(C)C. The van der Waals surface area contributed by atoms with E-state index in [2.05, 4.69) is 49.0 Å². The molecule has 1 fully saturated rings. The van der Waals surface area contributed by atoms with E-state index in [0.29, 0.717) is 53.4 Å². The Bertz CT molecular complexity index is 1440. The Balaban J connectivity index is 0.000000287. The molecule has 4 rings (SSSR count). The van der Waals surface area contributed by atoms with Gasteiger partial charge in [-0.2, -0.15) is 0 Å². The van der Waals surface area contributed by atoms with Crippen molar-refractivity contribution in [1.29, 1.82) is 0 Å². The van der Waals surface area contributed by atoms with E-state index in [4.69, 9.17) is 37.7 Å². The fourth-order valence-corrected chi connectivity index (χ4v) is 5.70. The van der Waals surface area contributed by atoms with Gasteiger partial charge in [-0.3, -0.25) is 4.79 Å². The van der Waals surface area contributed by atoms with Gasteiger partial charge in [-0.1, -0.05) is 90.7 Å². The van der Waals surface area contributed by atoms with Gasteiger partial charge in [0, 0.05) is 24.7 Å². The van der Waals surface area contributed by atoms with Crippen molar-refractivity contribution < 1.29 is 19.1 Å². The largest absolute Gasteiger partial charge is 0.462 e. The molecular formula is C37H50Cl2N4O4. The van der Waals surface area contributed by atoms with Crippen molar-refractivity contribution in [2.24, 2.45) is 0 Å². The van der Waals surface area contributed by atoms with Crippen LogP contribution in [-0.4, -0.2) is 54.8 Å². The Morgan fingerprint density at radius 3 is 1.91 bits per heavy atom. The molecule has 1 saturated heterocycles. The van der Waals surface area contributed by atoms with E-state index in [1.807, 2.05) is 52.0 Å². The Hall–Kier alpha value is -3.20. The lowest BCUT2D eigenvalue weighted by Gasteiger charge is -2.30. The first kappa shape index (κ1) is 38.2. The first-order valence-electron chi connectivity index (χ1n) is 16.5. The second kappa shape index (κ2) is 17.8. The minimum absolute atomic E-state index is 0.0756. The third kappa shape index (κ3) is 10.4. The lowest BCUT2D eigenvalue weighted by atomic mass is 9.91. The maximum absolute atomic E-state index is 13.2. The smallest absolute Gasteiger partial charge is 0.340 e. The number of benzene rings is 1. The monoisotopic (exact) mass is 684 g/mol. The molecule has 3 aromatic rings. The van der Waals surface area contributed by atoms with Crippen molar-refractivity contribution in [3.8, 4) is 0 Å². The van der Waals surface area contributed by atoms with E-state index >= 15 is 0 Å². The molecule has 3 heterocycles. The molecule has 8 nitrogen and oxygen atoms in total. The highest BCUT2D eigenvalue weighted by atomic mass is 35.5. The number of ether oxygens (including phenoxy) is 2. The number of rotatable bonds is 10. The number of esters is 1. The van der Waals surface area contributed by atoms with Gasteiger partial charge < -0.3 is 19.7 Å². The molecule has 1 N–H and O–H groups in total. The van der Waals surface area contributed by atoms with Crippen LogP contribution in [0.1, 0.15) is 135 Å². The lowest BCUT2D eigenvalue weighted by molar-refractivity contribution is 0.0522. The molecule has 256 valence electrons. The minimum atomic E-state index is -0.311. The number of aromatic nitrogens is 2. The number of nitrogens with zero attached hydrogens (tertiary/aromatic N) is 3. The van der Waals surface area contributed by atoms with Crippen LogP contribution in [0.25, 0.3) is 0 Å². The van der Waals surface area contributed by atoms with Crippen LogP contribution in [-0.2, 0) is 16.0 Å². The van der Waals surface area contributed by atoms with Gasteiger partial charge in [0.2, 0.25) is 0 Å². The van der Waals surface area contributed by atoms with Gasteiger partial charge in [-0.15, -0.1) is 0 Å². The summed E-state index contributed by atoms with van der Waals surface area (Å²) >= 11 is 12.0. The predicted molar refractivity (Wildman–Crippen MR) is 191 cm³/mol. The van der Waals surface area contributed by atoms with E-state index in [-0.39, 0.29) is 35.5 Å². The summed E-state index contributed by atoms with van der Waals surface area (Å²) in [4.78, 5) is 36.8. The summed E-state index contributed by atoms with van der Waals surface area (Å²) in [5, 5.41) is 4.18. The van der Waals surface area contributed by atoms with Crippen LogP contribution >= 0.6 is 23.2 Å². The zero-order valence-electron chi connectivity index (χ0n) is 29.2. The molecule has 0 atom stereocenters. The van der Waals surface area contributed by atoms with Crippen LogP contribution in [0.2, 0.25) is 10.2 Å². The van der Waals surface area contributed by atoms with E-state index in [9.17, 15) is 9.59 Å². The molecule has 0 spiro atoms. The Labute approximate surface area is 290 Å². The topological polar surface area (TPSA) is 93.6 Å². The number of pyridine rings is 2. The van der Waals surface area contributed by atoms with Crippen molar-refractivity contribution >= 4 is 40.9 Å². The van der Waals surface area contributed by atoms with Gasteiger partial charge in [0.15, 0.2) is 0 Å². The van der Waals surface area contributed by atoms with E-state index < -0.39 is 0 Å². The summed E-state index contributed by atoms with van der Waals surface area (Å²) in [6.45, 7) is 22.1. The number of nitrogens with one attached hydrogen (secondary N) is 1. The highest BCUT2D eigenvalue weighted by molar-refractivity contribution is 6.30. The molecule has 0 aliphatic carbocycles. The molecule has 1 amide bonds. The summed E-state index contributed by atoms with van der Waals surface area (Å²) in [5.74, 6) is 1.23. The second-order valence-electron chi connectivity index (χ2n) is 12.9. The normalized spacial score (nSPS) is 13.2. The third-order valence-corrected chi connectivity index (χ3v) is 8.30. The Morgan fingerprint density at radius 1 is 0.830 bits per heavy atom. The summed E-state index contributed by atoms with van der Waals surface area (Å²) < 4.78 is 10.6. The molecule has 47 heavy (non-hydrogen) atoms. The van der Waals surface area contributed by atoms with E-state index in [0.717, 1.165) is 41.3 Å². The number of hydrogen-bond donors (Lipinski definition) is 1. The van der Waals surface area contributed by atoms with Gasteiger partial charge in [-0.25, -0.2) is 14.8 Å². The van der Waals surface area contributed by atoms with Gasteiger partial charge in [0.1, 0.15) is 11.0 Å². The first-order chi connectivity index (χ1) is 22.2. The molecule has 1 aromatic carbocycles. The summed E-state index contributed by atoms with van der Waals surface area (Å²) in [6, 6.07) is 11.4. The summed E-state index contributed by atoms with van der Waals surface area (Å²) in [6.07, 6.45) is 0. The van der Waals surface area contributed by atoms with Crippen LogP contribution in [0.15, 0.2) is 36.4 Å². The first-order valence-corrected chi connectivity index (χ1v) is 17.3. The van der Waals surface area contributed by atoms with Gasteiger partial charge in [-0.05, 0) is 71.6 Å². The molecule has 0 saturated carbocycles. The molecule has 1 aliphatic rings. The molecule has 10 heteroatoms. The van der Waals surface area contributed by atoms with E-state index in [1.54, 1.807) is 13.0 Å². The van der Waals surface area contributed by atoms with Crippen LogP contribution in [0.4, 0.5) is 5.82 Å². The fourth-order valence-electron chi connectivity index (χ4n) is 5.37. The number of halogens is 2. The number of morpholine rings is 1. The van der Waals surface area contributed by atoms with Crippen molar-refractivity contribution in [3.63, 3.8) is 0 Å². The quantitative estimate of drug-likeness (QED) is 0.168. The number of hydrogen-bond acceptors (Lipinski definition) is 7. The minimum Gasteiger partial charge on any atom is -0.462 e. The average Bonchev–Trinajstić information content (AvgIpc) is 3.03. The second-order valence-corrected chi connectivity index (χ2v) is 13.7. The van der Waals surface area contributed by atoms with Crippen molar-refractivity contribution in [2.75, 3.05) is 37.8 Å². The van der Waals surface area contributed by atoms with Crippen LogP contribution in [0.3, 0.4) is 0 Å². The van der Waals surface area contributed by atoms with Crippen molar-refractivity contribution in [1.82, 2.24) is 15.3 Å². The lowest BCUT2D eigenvalue weighted by Crippen LogP contribution is -2.37. The number of anilines is 1. The van der Waals surface area contributed by atoms with Crippen molar-refractivity contribution in [3.05, 3.63) is 85.8 Å². The average molecular weight is 686 g/mol. The van der Waals surface area contributed by atoms with Crippen LogP contribution in [0.5, 0.6) is 0 Å². The fraction of sp³-hybridized carbons (Fsp3) is 0.514. The number of carbonyl (C=O) groups is 2. The van der Waals surface area contributed by atoms with Gasteiger partial charge >= 0.3 is 5.97 Å². The number of carbonyl (C=O) groups excluding carboxylic acids is 2. The predicted octanol–water partition coefficient (Wildman–Crippen LogP) is 8.91. The Morgan fingerprint density at radius 2 is 1.38 bits per heavy atom. The maximum atomic E-state index is 13.2. The zero-order chi connectivity index (χ0) is 34.8. The highest BCUT2D eigenvalue weighted by Crippen LogP contribution is 2.31. The highest BCUT2D eigenvalue weighted by Gasteiger charge is 2.26. The van der Waals surface area contributed by atoms with Gasteiger partial charge in [0.05, 0.1) is 42.3 Å². The molecule has 0 bridgehead atoms. The van der Waals surface area contributed by atoms with Crippen LogP contribution < -0.4 is 10.2 Å². The zero-order valence-corrected chi connectivity index (χ0v) is 30.8. The molecule has 0 radical (unpaired) electrons. The summed E-state index contributed by atoms with van der Waals surface area (Å²) in [7, 11) is 0.